The van der Waals surface area contributed by atoms with Crippen LogP contribution in [0.25, 0.3) is 0 Å². The number of Topliss-reactive ketones (excluding diaryl/α,β-unsaturated/α-hetero) is 1. The Morgan fingerprint density at radius 1 is 0.815 bits per heavy atom. The first-order valence-corrected chi connectivity index (χ1v) is 8.86. The van der Waals surface area contributed by atoms with E-state index in [4.69, 9.17) is 14.5 Å². The molecule has 0 saturated carbocycles. The van der Waals surface area contributed by atoms with Crippen LogP contribution in [0.5, 0.6) is 0 Å². The number of hydrogen-bond acceptors (Lipinski definition) is 5. The molecule has 27 heavy (non-hydrogen) atoms. The van der Waals surface area contributed by atoms with Crippen LogP contribution in [0.4, 0.5) is 0 Å². The maximum atomic E-state index is 12.7. The molecule has 5 nitrogen and oxygen atoms in total. The van der Waals surface area contributed by atoms with Gasteiger partial charge in [0.25, 0.3) is 0 Å². The highest BCUT2D eigenvalue weighted by molar-refractivity contribution is 5.99. The Labute approximate surface area is 160 Å². The van der Waals surface area contributed by atoms with E-state index in [0.717, 1.165) is 5.56 Å². The molecule has 0 N–H and O–H groups in total. The molecule has 1 unspecified atom stereocenters. The van der Waals surface area contributed by atoms with Crippen molar-refractivity contribution < 1.29 is 24.1 Å². The first-order chi connectivity index (χ1) is 12.7. The van der Waals surface area contributed by atoms with Crippen molar-refractivity contribution in [3.63, 3.8) is 0 Å². The second-order valence-electron chi connectivity index (χ2n) is 7.54. The number of rotatable bonds is 8. The molecule has 0 amide bonds. The average molecular weight is 370 g/mol. The Bertz CT molecular complexity index is 749. The molecular formula is C22H26O5. The maximum absolute atomic E-state index is 12.7. The van der Waals surface area contributed by atoms with E-state index in [1.165, 1.54) is 6.92 Å². The molecule has 0 bridgehead atoms. The third-order valence-corrected chi connectivity index (χ3v) is 3.71. The molecule has 0 aliphatic carbocycles. The van der Waals surface area contributed by atoms with Gasteiger partial charge in [-0.25, -0.2) is 14.6 Å². The topological polar surface area (TPSA) is 61.8 Å². The molecule has 144 valence electrons. The minimum absolute atomic E-state index is 0.0909. The van der Waals surface area contributed by atoms with Gasteiger partial charge in [-0.3, -0.25) is 4.79 Å². The van der Waals surface area contributed by atoms with Crippen LogP contribution in [0.15, 0.2) is 60.7 Å². The van der Waals surface area contributed by atoms with E-state index in [1.54, 1.807) is 45.0 Å². The number of carbonyl (C=O) groups is 2. The molecule has 0 fully saturated rings. The van der Waals surface area contributed by atoms with E-state index in [1.807, 2.05) is 36.4 Å². The van der Waals surface area contributed by atoms with Crippen LogP contribution in [0.1, 0.15) is 50.0 Å². The predicted octanol–water partition coefficient (Wildman–Crippen LogP) is 4.51. The smallest absolute Gasteiger partial charge is 0.342 e. The highest BCUT2D eigenvalue weighted by Crippen LogP contribution is 2.24. The summed E-state index contributed by atoms with van der Waals surface area (Å²) in [6, 6.07) is 18.1. The zero-order chi connectivity index (χ0) is 19.9. The lowest BCUT2D eigenvalue weighted by Crippen LogP contribution is -2.43. The quantitative estimate of drug-likeness (QED) is 0.296. The van der Waals surface area contributed by atoms with Crippen LogP contribution in [0.2, 0.25) is 0 Å². The van der Waals surface area contributed by atoms with Crippen LogP contribution in [0, 0.1) is 0 Å². The van der Waals surface area contributed by atoms with Crippen molar-refractivity contribution in [1.82, 2.24) is 0 Å². The number of carbonyl (C=O) groups excluding carboxylic acids is 2. The van der Waals surface area contributed by atoms with Gasteiger partial charge in [-0.15, -0.1) is 0 Å². The lowest BCUT2D eigenvalue weighted by molar-refractivity contribution is -0.392. The minimum atomic E-state index is -1.56. The number of esters is 1. The van der Waals surface area contributed by atoms with Crippen LogP contribution >= 0.6 is 0 Å². The molecule has 0 heterocycles. The summed E-state index contributed by atoms with van der Waals surface area (Å²) in [5.74, 6) is -0.882. The van der Waals surface area contributed by atoms with Gasteiger partial charge >= 0.3 is 5.97 Å². The van der Waals surface area contributed by atoms with Crippen molar-refractivity contribution in [2.75, 3.05) is 0 Å². The van der Waals surface area contributed by atoms with Gasteiger partial charge in [-0.1, -0.05) is 60.7 Å². The van der Waals surface area contributed by atoms with Gasteiger partial charge in [0.1, 0.15) is 6.61 Å². The Morgan fingerprint density at radius 2 is 1.37 bits per heavy atom. The minimum Gasteiger partial charge on any atom is -0.459 e. The van der Waals surface area contributed by atoms with Crippen molar-refractivity contribution in [3.05, 3.63) is 71.8 Å². The average Bonchev–Trinajstić information content (AvgIpc) is 2.65. The zero-order valence-corrected chi connectivity index (χ0v) is 16.2. The molecule has 0 radical (unpaired) electrons. The molecule has 0 aliphatic heterocycles. The highest BCUT2D eigenvalue weighted by Gasteiger charge is 2.41. The molecule has 2 aromatic rings. The summed E-state index contributed by atoms with van der Waals surface area (Å²) in [7, 11) is 0. The van der Waals surface area contributed by atoms with Crippen molar-refractivity contribution in [2.45, 2.75) is 51.9 Å². The van der Waals surface area contributed by atoms with Gasteiger partial charge in [-0.2, -0.15) is 0 Å². The first-order valence-electron chi connectivity index (χ1n) is 8.86. The van der Waals surface area contributed by atoms with Crippen LogP contribution < -0.4 is 0 Å². The summed E-state index contributed by atoms with van der Waals surface area (Å²) in [6.45, 7) is 6.98. The van der Waals surface area contributed by atoms with Gasteiger partial charge < -0.3 is 4.74 Å². The number of benzene rings is 2. The van der Waals surface area contributed by atoms with Crippen molar-refractivity contribution in [3.8, 4) is 0 Å². The lowest BCUT2D eigenvalue weighted by atomic mass is 9.95. The SMILES string of the molecule is CC(C)(C)OOC(C)(CC(=O)c1ccccc1)C(=O)OCc1ccccc1. The van der Waals surface area contributed by atoms with Crippen LogP contribution in [-0.2, 0) is 25.9 Å². The van der Waals surface area contributed by atoms with Gasteiger partial charge in [0, 0.05) is 5.56 Å². The number of ketones is 1. The summed E-state index contributed by atoms with van der Waals surface area (Å²) in [6.07, 6.45) is -0.194. The summed E-state index contributed by atoms with van der Waals surface area (Å²) in [5, 5.41) is 0. The fourth-order valence-corrected chi connectivity index (χ4v) is 2.26. The largest absolute Gasteiger partial charge is 0.459 e. The fourth-order valence-electron chi connectivity index (χ4n) is 2.26. The van der Waals surface area contributed by atoms with Crippen molar-refractivity contribution in [1.29, 1.82) is 0 Å². The molecule has 1 atom stereocenters. The molecule has 0 aliphatic rings. The molecule has 0 aromatic heterocycles. The monoisotopic (exact) mass is 370 g/mol. The lowest BCUT2D eigenvalue weighted by Gasteiger charge is -2.29. The summed E-state index contributed by atoms with van der Waals surface area (Å²) in [4.78, 5) is 36.2. The van der Waals surface area contributed by atoms with E-state index < -0.39 is 17.2 Å². The predicted molar refractivity (Wildman–Crippen MR) is 102 cm³/mol. The second-order valence-corrected chi connectivity index (χ2v) is 7.54. The Morgan fingerprint density at radius 3 is 1.93 bits per heavy atom. The summed E-state index contributed by atoms with van der Waals surface area (Å²) < 4.78 is 5.40. The van der Waals surface area contributed by atoms with Crippen molar-refractivity contribution >= 4 is 11.8 Å². The highest BCUT2D eigenvalue weighted by atomic mass is 17.2. The van der Waals surface area contributed by atoms with Gasteiger partial charge in [0.05, 0.1) is 12.0 Å². The third-order valence-electron chi connectivity index (χ3n) is 3.71. The summed E-state index contributed by atoms with van der Waals surface area (Å²) in [5.41, 5.74) is -0.857. The fraction of sp³-hybridized carbons (Fsp3) is 0.364. The normalized spacial score (nSPS) is 13.6. The molecule has 5 heteroatoms. The van der Waals surface area contributed by atoms with E-state index in [0.29, 0.717) is 5.56 Å². The van der Waals surface area contributed by atoms with E-state index >= 15 is 0 Å². The van der Waals surface area contributed by atoms with Crippen LogP contribution in [0.3, 0.4) is 0 Å². The van der Waals surface area contributed by atoms with E-state index in [-0.39, 0.29) is 18.8 Å². The van der Waals surface area contributed by atoms with Gasteiger partial charge in [0.15, 0.2) is 5.78 Å². The standard InChI is InChI=1S/C22H26O5/c1-21(2,3)26-27-22(4,15-19(23)18-13-9-6-10-14-18)20(24)25-16-17-11-7-5-8-12-17/h5-14H,15-16H2,1-4H3. The molecule has 2 aromatic carbocycles. The first kappa shape index (κ1) is 20.8. The Balaban J connectivity index is 2.12. The summed E-state index contributed by atoms with van der Waals surface area (Å²) >= 11 is 0. The van der Waals surface area contributed by atoms with Crippen molar-refractivity contribution in [2.24, 2.45) is 0 Å². The third kappa shape index (κ3) is 6.62. The second kappa shape index (κ2) is 8.93. The number of ether oxygens (including phenoxy) is 1. The molecule has 0 spiro atoms. The maximum Gasteiger partial charge on any atom is 0.342 e. The molecular weight excluding hydrogens is 344 g/mol. The molecule has 2 rings (SSSR count). The molecule has 0 saturated heterocycles. The van der Waals surface area contributed by atoms with E-state index in [9.17, 15) is 9.59 Å². The van der Waals surface area contributed by atoms with E-state index in [2.05, 4.69) is 0 Å². The zero-order valence-electron chi connectivity index (χ0n) is 16.2. The van der Waals surface area contributed by atoms with Crippen LogP contribution in [-0.4, -0.2) is 23.0 Å². The Kier molecular flexibility index (Phi) is 6.88. The van der Waals surface area contributed by atoms with Gasteiger partial charge in [0.2, 0.25) is 5.60 Å². The van der Waals surface area contributed by atoms with Gasteiger partial charge in [-0.05, 0) is 33.3 Å². The number of hydrogen-bond donors (Lipinski definition) is 0. The Hall–Kier alpha value is -2.50.